The molecule has 0 radical (unpaired) electrons. The predicted octanol–water partition coefficient (Wildman–Crippen LogP) is 26.4. The fourth-order valence-electron chi connectivity index (χ4n) is 20.2. The molecule has 3 aliphatic carbocycles. The van der Waals surface area contributed by atoms with Crippen molar-refractivity contribution in [2.24, 2.45) is 0 Å². The van der Waals surface area contributed by atoms with Crippen LogP contribution in [0.1, 0.15) is 264 Å². The number of rotatable bonds is 13. The van der Waals surface area contributed by atoms with Crippen LogP contribution in [0.2, 0.25) is 66.5 Å². The van der Waals surface area contributed by atoms with Crippen molar-refractivity contribution in [2.45, 2.75) is 270 Å². The van der Waals surface area contributed by atoms with E-state index in [2.05, 4.69) is 347 Å². The molecule has 0 nitrogen and oxygen atoms in total. The summed E-state index contributed by atoms with van der Waals surface area (Å²) in [7, 11) is -7.93. The summed E-state index contributed by atoms with van der Waals surface area (Å²) < 4.78 is 0. The first-order valence-corrected chi connectivity index (χ1v) is 45.6. The van der Waals surface area contributed by atoms with Crippen molar-refractivity contribution >= 4 is 75.4 Å². The lowest BCUT2D eigenvalue weighted by molar-refractivity contribution is 0.551. The summed E-state index contributed by atoms with van der Waals surface area (Å²) in [6.45, 7) is 63.1. The Labute approximate surface area is 575 Å². The van der Waals surface area contributed by atoms with Gasteiger partial charge in [-0.05, 0) is 215 Å². The van der Waals surface area contributed by atoms with Crippen molar-refractivity contribution in [3.8, 4) is 45.9 Å². The third kappa shape index (κ3) is 12.1. The second-order valence-electron chi connectivity index (χ2n) is 33.2. The van der Waals surface area contributed by atoms with Crippen molar-refractivity contribution in [3.05, 3.63) is 188 Å². The molecule has 94 heavy (non-hydrogen) atoms. The monoisotopic (exact) mass is 1310 g/mol. The van der Waals surface area contributed by atoms with Gasteiger partial charge in [-0.3, -0.25) is 0 Å². The van der Waals surface area contributed by atoms with Crippen LogP contribution in [0.3, 0.4) is 0 Å². The van der Waals surface area contributed by atoms with Crippen molar-refractivity contribution in [1.82, 2.24) is 0 Å². The Kier molecular flexibility index (Phi) is 20.4. The Hall–Kier alpha value is -6.09. The molecule has 8 aromatic carbocycles. The Balaban J connectivity index is 1.30. The third-order valence-electron chi connectivity index (χ3n) is 24.8. The molecular formula is C90H114Si4. The van der Waals surface area contributed by atoms with E-state index in [9.17, 15) is 0 Å². The molecule has 490 valence electrons. The van der Waals surface area contributed by atoms with Crippen LogP contribution < -0.4 is 0 Å². The van der Waals surface area contributed by atoms with Crippen LogP contribution in [0.5, 0.6) is 0 Å². The highest BCUT2D eigenvalue weighted by Crippen LogP contribution is 2.61. The summed E-state index contributed by atoms with van der Waals surface area (Å²) in [5.74, 6) is 15.7. The van der Waals surface area contributed by atoms with Crippen molar-refractivity contribution in [3.63, 3.8) is 0 Å². The number of fused-ring (bicyclic) bond motifs is 4. The zero-order chi connectivity index (χ0) is 68.6. The normalized spacial score (nSPS) is 16.8. The Morgan fingerprint density at radius 1 is 0.234 bits per heavy atom. The first kappa shape index (κ1) is 70.7. The van der Waals surface area contributed by atoms with Crippen LogP contribution >= 0.6 is 0 Å². The third-order valence-corrected chi connectivity index (χ3v) is 50.0. The largest absolute Gasteiger partial charge is 0.146 e. The molecule has 0 saturated heterocycles. The summed E-state index contributed by atoms with van der Waals surface area (Å²) in [5, 5.41) is 10.2. The molecule has 0 N–H and O–H groups in total. The molecule has 4 unspecified atom stereocenters. The van der Waals surface area contributed by atoms with E-state index >= 15 is 0 Å². The van der Waals surface area contributed by atoms with Gasteiger partial charge in [-0.1, -0.05) is 270 Å². The minimum atomic E-state index is -1.99. The molecule has 8 aromatic rings. The van der Waals surface area contributed by atoms with Gasteiger partial charge in [0.25, 0.3) is 0 Å². The zero-order valence-electron chi connectivity index (χ0n) is 62.8. The van der Waals surface area contributed by atoms with E-state index in [-0.39, 0.29) is 23.7 Å². The molecule has 4 atom stereocenters. The molecule has 0 fully saturated rings. The Morgan fingerprint density at radius 2 is 0.436 bits per heavy atom. The topological polar surface area (TPSA) is 0 Å². The van der Waals surface area contributed by atoms with Gasteiger partial charge in [0.1, 0.15) is 32.3 Å². The van der Waals surface area contributed by atoms with E-state index in [4.69, 9.17) is 0 Å². The summed E-state index contributed by atoms with van der Waals surface area (Å²) >= 11 is 0. The Bertz CT molecular complexity index is 4380. The maximum Gasteiger partial charge on any atom is 0.146 e. The standard InChI is InChI=1S/C90H114Si4/c1-55(2)91(56(3)4,57(5)6)39-35-69-27-31-73-43-67(25)81(51-77(73)44-69)89-83-48-74-32-28-70(36-40-92(58(7)8,59(9)10)60(11)12)45-78(74)52-82(83)68(26)88-84-49-75-33-29-72(38-42-94(64(19)20,65(21)22)66(23)24)47-80(75)54-87(84)90(89)86-50-76-34-30-71(46-79(76)53-85(86)88)37-41-93(61(13)14,62(15)16)63(17)18/h27-34,43-66,68,88-90H,1-26H3. The highest BCUT2D eigenvalue weighted by atomic mass is 28.3. The van der Waals surface area contributed by atoms with E-state index in [1.165, 1.54) is 87.6 Å². The van der Waals surface area contributed by atoms with Gasteiger partial charge in [0.05, 0.1) is 0 Å². The molecule has 4 heteroatoms. The van der Waals surface area contributed by atoms with Gasteiger partial charge >= 0.3 is 0 Å². The molecule has 0 spiro atoms. The fraction of sp³-hybridized carbons (Fsp3) is 0.467. The molecule has 2 bridgehead atoms. The average Bonchev–Trinajstić information content (AvgIpc) is 0.698. The molecule has 0 amide bonds. The molecule has 11 rings (SSSR count). The van der Waals surface area contributed by atoms with Crippen LogP contribution in [-0.2, 0) is 0 Å². The summed E-state index contributed by atoms with van der Waals surface area (Å²) in [5.41, 5.74) is 39.0. The highest BCUT2D eigenvalue weighted by molar-refractivity contribution is 6.92. The molecule has 0 saturated carbocycles. The minimum Gasteiger partial charge on any atom is -0.125 e. The van der Waals surface area contributed by atoms with Crippen molar-refractivity contribution < 1.29 is 0 Å². The van der Waals surface area contributed by atoms with E-state index < -0.39 is 32.3 Å². The van der Waals surface area contributed by atoms with Gasteiger partial charge in [0.2, 0.25) is 0 Å². The summed E-state index contributed by atoms with van der Waals surface area (Å²) in [6, 6.07) is 49.3. The second-order valence-corrected chi connectivity index (χ2v) is 55.5. The van der Waals surface area contributed by atoms with Gasteiger partial charge in [0, 0.05) is 40.0 Å². The molecule has 3 aliphatic rings. The molecule has 0 aliphatic heterocycles. The van der Waals surface area contributed by atoms with Crippen LogP contribution in [0, 0.1) is 52.8 Å². The van der Waals surface area contributed by atoms with E-state index in [1.807, 2.05) is 0 Å². The van der Waals surface area contributed by atoms with Crippen LogP contribution in [0.15, 0.2) is 121 Å². The predicted molar refractivity (Wildman–Crippen MR) is 426 cm³/mol. The van der Waals surface area contributed by atoms with Crippen LogP contribution in [0.4, 0.5) is 0 Å². The van der Waals surface area contributed by atoms with E-state index in [1.54, 1.807) is 0 Å². The average molecular weight is 1310 g/mol. The second kappa shape index (κ2) is 27.1. The van der Waals surface area contributed by atoms with Crippen LogP contribution in [-0.4, -0.2) is 32.3 Å². The number of aryl methyl sites for hydroxylation is 1. The number of benzene rings is 8. The Morgan fingerprint density at radius 3 is 0.702 bits per heavy atom. The van der Waals surface area contributed by atoms with Crippen molar-refractivity contribution in [1.29, 1.82) is 0 Å². The number of hydrogen-bond acceptors (Lipinski definition) is 0. The minimum absolute atomic E-state index is 0.00855. The summed E-state index contributed by atoms with van der Waals surface area (Å²) in [6.07, 6.45) is 0. The molecular weight excluding hydrogens is 1190 g/mol. The number of hydrogen-bond donors (Lipinski definition) is 0. The van der Waals surface area contributed by atoms with Gasteiger partial charge in [-0.25, -0.2) is 0 Å². The maximum atomic E-state index is 4.10. The molecule has 0 heterocycles. The fourth-order valence-corrected chi connectivity index (χ4v) is 41.1. The zero-order valence-corrected chi connectivity index (χ0v) is 66.8. The van der Waals surface area contributed by atoms with Gasteiger partial charge in [0.15, 0.2) is 0 Å². The van der Waals surface area contributed by atoms with Gasteiger partial charge in [-0.2, -0.15) is 0 Å². The lowest BCUT2D eigenvalue weighted by Gasteiger charge is -2.45. The highest BCUT2D eigenvalue weighted by Gasteiger charge is 2.48. The van der Waals surface area contributed by atoms with E-state index in [0.29, 0.717) is 66.5 Å². The lowest BCUT2D eigenvalue weighted by Crippen LogP contribution is -2.43. The lowest BCUT2D eigenvalue weighted by atomic mass is 9.57. The van der Waals surface area contributed by atoms with Gasteiger partial charge < -0.3 is 0 Å². The summed E-state index contributed by atoms with van der Waals surface area (Å²) in [4.78, 5) is 0. The van der Waals surface area contributed by atoms with E-state index in [0.717, 1.165) is 22.3 Å². The van der Waals surface area contributed by atoms with Crippen LogP contribution in [0.25, 0.3) is 43.1 Å². The quantitative estimate of drug-likeness (QED) is 0.0797. The maximum absolute atomic E-state index is 4.10. The molecule has 0 aromatic heterocycles. The smallest absolute Gasteiger partial charge is 0.125 e. The van der Waals surface area contributed by atoms with Gasteiger partial charge in [-0.15, -0.1) is 22.2 Å². The first-order valence-electron chi connectivity index (χ1n) is 36.7. The first-order chi connectivity index (χ1) is 44.3. The van der Waals surface area contributed by atoms with Crippen molar-refractivity contribution in [2.75, 3.05) is 0 Å². The SMILES string of the molecule is Cc1cc2ccc(C#C[Si](C(C)C)(C(C)C)C(C)C)cc2cc1C1c2cc3ccc(C#C[Si](C(C)C)(C(C)C)C(C)C)cc3cc2C(C)C2c3cc4cc(C#C[Si](C(C)C)(C(C)C)C(C)C)ccc4cc3C1c1cc3cc(C#C[Si](C(C)C)(C(C)C)C(C)C)ccc3cc12.